The second-order valence-electron chi connectivity index (χ2n) is 4.93. The van der Waals surface area contributed by atoms with Crippen LogP contribution in [0.2, 0.25) is 0 Å². The van der Waals surface area contributed by atoms with Crippen molar-refractivity contribution in [2.75, 3.05) is 5.73 Å². The van der Waals surface area contributed by atoms with Gasteiger partial charge < -0.3 is 5.73 Å². The van der Waals surface area contributed by atoms with E-state index in [1.807, 2.05) is 4.68 Å². The first-order valence-electron chi connectivity index (χ1n) is 6.38. The molecular formula is C12H16IN5. The third-order valence-electron chi connectivity index (χ3n) is 3.67. The summed E-state index contributed by atoms with van der Waals surface area (Å²) in [5.74, 6) is 1.26. The second kappa shape index (κ2) is 4.99. The number of anilines is 1. The van der Waals surface area contributed by atoms with Crippen LogP contribution in [0.25, 0.3) is 11.0 Å². The molecule has 0 spiro atoms. The van der Waals surface area contributed by atoms with Gasteiger partial charge in [-0.3, -0.25) is 0 Å². The van der Waals surface area contributed by atoms with Gasteiger partial charge in [0.1, 0.15) is 15.8 Å². The summed E-state index contributed by atoms with van der Waals surface area (Å²) < 4.78 is 2.90. The van der Waals surface area contributed by atoms with Crippen LogP contribution < -0.4 is 5.73 Å². The van der Waals surface area contributed by atoms with Crippen LogP contribution in [0.15, 0.2) is 6.33 Å². The lowest BCUT2D eigenvalue weighted by Crippen LogP contribution is -2.15. The van der Waals surface area contributed by atoms with Crippen LogP contribution in [0.5, 0.6) is 0 Å². The van der Waals surface area contributed by atoms with E-state index in [4.69, 9.17) is 5.73 Å². The Bertz CT molecular complexity index is 559. The van der Waals surface area contributed by atoms with E-state index < -0.39 is 0 Å². The zero-order chi connectivity index (χ0) is 12.5. The fourth-order valence-electron chi connectivity index (χ4n) is 2.73. The van der Waals surface area contributed by atoms with E-state index in [0.717, 1.165) is 27.2 Å². The molecule has 1 aliphatic carbocycles. The SMILES string of the molecule is Nc1ncnc2c1c(I)nn2CC1CCCCC1. The summed E-state index contributed by atoms with van der Waals surface area (Å²) in [5, 5.41) is 5.46. The average molecular weight is 357 g/mol. The fourth-order valence-corrected chi connectivity index (χ4v) is 3.51. The van der Waals surface area contributed by atoms with Crippen LogP contribution in [0.1, 0.15) is 32.1 Å². The molecule has 0 aliphatic heterocycles. The molecule has 2 aromatic heterocycles. The maximum Gasteiger partial charge on any atom is 0.164 e. The third-order valence-corrected chi connectivity index (χ3v) is 4.43. The monoisotopic (exact) mass is 357 g/mol. The Kier molecular flexibility index (Phi) is 3.36. The van der Waals surface area contributed by atoms with Crippen molar-refractivity contribution in [3.05, 3.63) is 10.0 Å². The summed E-state index contributed by atoms with van der Waals surface area (Å²) in [6.45, 7) is 0.954. The van der Waals surface area contributed by atoms with E-state index in [1.54, 1.807) is 0 Å². The van der Waals surface area contributed by atoms with Crippen molar-refractivity contribution in [3.63, 3.8) is 0 Å². The number of hydrogen-bond acceptors (Lipinski definition) is 4. The van der Waals surface area contributed by atoms with Gasteiger partial charge in [0, 0.05) is 6.54 Å². The molecule has 2 aromatic rings. The van der Waals surface area contributed by atoms with Gasteiger partial charge in [0.2, 0.25) is 0 Å². The Morgan fingerprint density at radius 3 is 2.83 bits per heavy atom. The number of nitrogens with two attached hydrogens (primary N) is 1. The lowest BCUT2D eigenvalue weighted by atomic mass is 9.89. The van der Waals surface area contributed by atoms with E-state index in [2.05, 4.69) is 37.7 Å². The lowest BCUT2D eigenvalue weighted by Gasteiger charge is -2.21. The fraction of sp³-hybridized carbons (Fsp3) is 0.583. The summed E-state index contributed by atoms with van der Waals surface area (Å²) in [6, 6.07) is 0. The molecule has 0 saturated heterocycles. The van der Waals surface area contributed by atoms with E-state index in [0.29, 0.717) is 5.82 Å². The van der Waals surface area contributed by atoms with E-state index >= 15 is 0 Å². The van der Waals surface area contributed by atoms with Crippen molar-refractivity contribution in [1.82, 2.24) is 19.7 Å². The Balaban J connectivity index is 1.94. The molecule has 1 fully saturated rings. The molecule has 2 heterocycles. The molecule has 5 nitrogen and oxygen atoms in total. The molecule has 0 radical (unpaired) electrons. The highest BCUT2D eigenvalue weighted by molar-refractivity contribution is 14.1. The van der Waals surface area contributed by atoms with Gasteiger partial charge in [-0.05, 0) is 41.4 Å². The molecule has 96 valence electrons. The van der Waals surface area contributed by atoms with E-state index in [-0.39, 0.29) is 0 Å². The number of rotatable bonds is 2. The lowest BCUT2D eigenvalue weighted by molar-refractivity contribution is 0.311. The normalized spacial score (nSPS) is 17.4. The molecule has 2 N–H and O–H groups in total. The number of nitrogen functional groups attached to an aromatic ring is 1. The number of fused-ring (bicyclic) bond motifs is 1. The predicted octanol–water partition coefficient (Wildman–Crippen LogP) is 2.59. The van der Waals surface area contributed by atoms with Gasteiger partial charge in [0.25, 0.3) is 0 Å². The van der Waals surface area contributed by atoms with Crippen molar-refractivity contribution in [3.8, 4) is 0 Å². The molecule has 0 amide bonds. The Morgan fingerprint density at radius 1 is 1.28 bits per heavy atom. The van der Waals surface area contributed by atoms with Gasteiger partial charge in [-0.15, -0.1) is 0 Å². The number of aromatic nitrogens is 4. The van der Waals surface area contributed by atoms with Crippen LogP contribution in [-0.4, -0.2) is 19.7 Å². The minimum absolute atomic E-state index is 0.527. The van der Waals surface area contributed by atoms with Gasteiger partial charge in [0.05, 0.1) is 5.39 Å². The smallest absolute Gasteiger partial charge is 0.164 e. The minimum atomic E-state index is 0.527. The summed E-state index contributed by atoms with van der Waals surface area (Å²) >= 11 is 2.21. The standard InChI is InChI=1S/C12H16IN5/c13-10-9-11(14)15-7-16-12(9)18(17-10)6-8-4-2-1-3-5-8/h7-8H,1-6H2,(H2,14,15,16). The van der Waals surface area contributed by atoms with Gasteiger partial charge in [-0.1, -0.05) is 19.3 Å². The van der Waals surface area contributed by atoms with Crippen LogP contribution in [0.4, 0.5) is 5.82 Å². The van der Waals surface area contributed by atoms with Crippen LogP contribution in [0, 0.1) is 9.62 Å². The topological polar surface area (TPSA) is 69.6 Å². The molecule has 18 heavy (non-hydrogen) atoms. The molecule has 1 saturated carbocycles. The van der Waals surface area contributed by atoms with Gasteiger partial charge in [0.15, 0.2) is 5.65 Å². The maximum absolute atomic E-state index is 5.89. The van der Waals surface area contributed by atoms with Crippen molar-refractivity contribution >= 4 is 39.4 Å². The van der Waals surface area contributed by atoms with Crippen molar-refractivity contribution < 1.29 is 0 Å². The molecule has 6 heteroatoms. The first-order chi connectivity index (χ1) is 8.75. The first kappa shape index (κ1) is 12.1. The first-order valence-corrected chi connectivity index (χ1v) is 7.46. The average Bonchev–Trinajstić information content (AvgIpc) is 2.69. The van der Waals surface area contributed by atoms with E-state index in [1.165, 1.54) is 38.4 Å². The molecule has 0 bridgehead atoms. The number of halogens is 1. The van der Waals surface area contributed by atoms with Crippen molar-refractivity contribution in [2.45, 2.75) is 38.6 Å². The minimum Gasteiger partial charge on any atom is -0.383 e. The highest BCUT2D eigenvalue weighted by Crippen LogP contribution is 2.28. The highest BCUT2D eigenvalue weighted by atomic mass is 127. The largest absolute Gasteiger partial charge is 0.383 e. The third kappa shape index (κ3) is 2.17. The van der Waals surface area contributed by atoms with Gasteiger partial charge in [-0.2, -0.15) is 5.10 Å². The summed E-state index contributed by atoms with van der Waals surface area (Å²) in [7, 11) is 0. The molecule has 0 unspecified atom stereocenters. The van der Waals surface area contributed by atoms with Crippen LogP contribution >= 0.6 is 22.6 Å². The summed E-state index contributed by atoms with van der Waals surface area (Å²) in [6.07, 6.45) is 8.20. The molecular weight excluding hydrogens is 341 g/mol. The Hall–Kier alpha value is -0.920. The van der Waals surface area contributed by atoms with Crippen LogP contribution in [0.3, 0.4) is 0 Å². The maximum atomic E-state index is 5.89. The van der Waals surface area contributed by atoms with Crippen molar-refractivity contribution in [1.29, 1.82) is 0 Å². The van der Waals surface area contributed by atoms with Gasteiger partial charge >= 0.3 is 0 Å². The second-order valence-corrected chi connectivity index (χ2v) is 5.96. The molecule has 3 rings (SSSR count). The summed E-state index contributed by atoms with van der Waals surface area (Å²) in [4.78, 5) is 8.37. The Labute approximate surface area is 119 Å². The number of hydrogen-bond donors (Lipinski definition) is 1. The van der Waals surface area contributed by atoms with E-state index in [9.17, 15) is 0 Å². The number of nitrogens with zero attached hydrogens (tertiary/aromatic N) is 4. The molecule has 1 aliphatic rings. The highest BCUT2D eigenvalue weighted by Gasteiger charge is 2.18. The van der Waals surface area contributed by atoms with Gasteiger partial charge in [-0.25, -0.2) is 14.6 Å². The summed E-state index contributed by atoms with van der Waals surface area (Å²) in [5.41, 5.74) is 6.77. The van der Waals surface area contributed by atoms with Crippen molar-refractivity contribution in [2.24, 2.45) is 5.92 Å². The predicted molar refractivity (Wildman–Crippen MR) is 79.0 cm³/mol. The molecule has 0 aromatic carbocycles. The zero-order valence-electron chi connectivity index (χ0n) is 10.1. The zero-order valence-corrected chi connectivity index (χ0v) is 12.3. The van der Waals surface area contributed by atoms with Crippen LogP contribution in [-0.2, 0) is 6.54 Å². The molecule has 0 atom stereocenters. The quantitative estimate of drug-likeness (QED) is 0.839. The Morgan fingerprint density at radius 2 is 2.06 bits per heavy atom.